The first-order valence-corrected chi connectivity index (χ1v) is 9.45. The van der Waals surface area contributed by atoms with Gasteiger partial charge in [0.25, 0.3) is 0 Å². The number of H-pyrrole nitrogens is 2. The summed E-state index contributed by atoms with van der Waals surface area (Å²) < 4.78 is 0. The molecule has 10 nitrogen and oxygen atoms in total. The summed E-state index contributed by atoms with van der Waals surface area (Å²) in [5.41, 5.74) is 3.76. The van der Waals surface area contributed by atoms with Crippen LogP contribution in [0.5, 0.6) is 0 Å². The summed E-state index contributed by atoms with van der Waals surface area (Å²) in [6.07, 6.45) is 4.60. The molecule has 160 valence electrons. The third-order valence-corrected chi connectivity index (χ3v) is 4.54. The fourth-order valence-corrected chi connectivity index (χ4v) is 3.10. The SMILES string of the molecule is O.O=C(O)CCCCON=C(c1cccnc1)c1ccc2nc3[nH]c(=O)[nH]c3cc2c1. The molecule has 0 unspecified atom stereocenters. The molecule has 0 radical (unpaired) electrons. The van der Waals surface area contributed by atoms with E-state index in [1.165, 1.54) is 0 Å². The molecule has 3 aromatic heterocycles. The van der Waals surface area contributed by atoms with Crippen LogP contribution in [0.2, 0.25) is 0 Å². The number of hydrogen-bond donors (Lipinski definition) is 3. The third-order valence-electron chi connectivity index (χ3n) is 4.54. The third kappa shape index (κ3) is 5.11. The molecule has 1 aromatic carbocycles. The normalized spacial score (nSPS) is 11.4. The lowest BCUT2D eigenvalue weighted by molar-refractivity contribution is -0.137. The molecule has 10 heteroatoms. The summed E-state index contributed by atoms with van der Waals surface area (Å²) in [4.78, 5) is 41.6. The van der Waals surface area contributed by atoms with E-state index >= 15 is 0 Å². The number of fused-ring (bicyclic) bond motifs is 2. The maximum Gasteiger partial charge on any atom is 0.325 e. The van der Waals surface area contributed by atoms with Crippen molar-refractivity contribution < 1.29 is 20.2 Å². The zero-order valence-corrected chi connectivity index (χ0v) is 16.5. The van der Waals surface area contributed by atoms with Gasteiger partial charge in [-0.2, -0.15) is 0 Å². The van der Waals surface area contributed by atoms with Crippen LogP contribution in [-0.4, -0.2) is 48.8 Å². The van der Waals surface area contributed by atoms with Gasteiger partial charge in [-0.05, 0) is 43.2 Å². The Morgan fingerprint density at radius 3 is 2.77 bits per heavy atom. The van der Waals surface area contributed by atoms with Gasteiger partial charge in [-0.25, -0.2) is 9.78 Å². The van der Waals surface area contributed by atoms with Crippen molar-refractivity contribution in [2.75, 3.05) is 6.61 Å². The standard InChI is InChI=1S/C21H19N5O4.H2O/c27-18(28)5-1-2-9-30-26-19(14-4-3-8-22-12-14)13-6-7-16-15(10-13)11-17-20(23-16)25-21(29)24-17;/h3-4,6-8,10-12H,1-2,5,9H2,(H,27,28)(H2,23,24,25,29);1H2. The predicted octanol–water partition coefficient (Wildman–Crippen LogP) is 2.00. The van der Waals surface area contributed by atoms with Crippen LogP contribution in [0.4, 0.5) is 0 Å². The Bertz CT molecular complexity index is 1280. The number of oxime groups is 1. The van der Waals surface area contributed by atoms with Crippen molar-refractivity contribution in [3.63, 3.8) is 0 Å². The average molecular weight is 423 g/mol. The second-order valence-corrected chi connectivity index (χ2v) is 6.74. The minimum Gasteiger partial charge on any atom is -0.481 e. The van der Waals surface area contributed by atoms with Gasteiger partial charge >= 0.3 is 11.7 Å². The Kier molecular flexibility index (Phi) is 6.73. The molecule has 0 fully saturated rings. The monoisotopic (exact) mass is 423 g/mol. The van der Waals surface area contributed by atoms with Gasteiger partial charge in [0.15, 0.2) is 5.65 Å². The minimum atomic E-state index is -0.822. The van der Waals surface area contributed by atoms with Crippen molar-refractivity contribution in [1.82, 2.24) is 19.9 Å². The van der Waals surface area contributed by atoms with Gasteiger partial charge in [0.05, 0.1) is 11.0 Å². The number of imidazole rings is 1. The molecule has 0 aliphatic carbocycles. The van der Waals surface area contributed by atoms with Crippen LogP contribution in [0.15, 0.2) is 58.7 Å². The zero-order valence-electron chi connectivity index (χ0n) is 16.5. The molecule has 0 atom stereocenters. The van der Waals surface area contributed by atoms with Crippen molar-refractivity contribution in [1.29, 1.82) is 0 Å². The van der Waals surface area contributed by atoms with Crippen LogP contribution in [0.25, 0.3) is 22.1 Å². The van der Waals surface area contributed by atoms with E-state index < -0.39 is 5.97 Å². The molecule has 0 aliphatic heterocycles. The van der Waals surface area contributed by atoms with Gasteiger partial charge in [0, 0.05) is 35.3 Å². The minimum absolute atomic E-state index is 0. The highest BCUT2D eigenvalue weighted by Gasteiger charge is 2.11. The lowest BCUT2D eigenvalue weighted by Gasteiger charge is -2.08. The molecular formula is C21H21N5O5. The number of unbranched alkanes of at least 4 members (excludes halogenated alkanes) is 1. The van der Waals surface area contributed by atoms with Crippen LogP contribution < -0.4 is 5.69 Å². The van der Waals surface area contributed by atoms with E-state index in [-0.39, 0.29) is 17.6 Å². The zero-order chi connectivity index (χ0) is 20.9. The summed E-state index contributed by atoms with van der Waals surface area (Å²) in [6, 6.07) is 11.2. The highest BCUT2D eigenvalue weighted by Crippen LogP contribution is 2.20. The van der Waals surface area contributed by atoms with Crippen molar-refractivity contribution in [2.45, 2.75) is 19.3 Å². The van der Waals surface area contributed by atoms with Crippen LogP contribution in [-0.2, 0) is 9.63 Å². The highest BCUT2D eigenvalue weighted by molar-refractivity contribution is 6.13. The van der Waals surface area contributed by atoms with Gasteiger partial charge in [-0.15, -0.1) is 0 Å². The average Bonchev–Trinajstić information content (AvgIpc) is 3.10. The van der Waals surface area contributed by atoms with Gasteiger partial charge in [0.2, 0.25) is 0 Å². The predicted molar refractivity (Wildman–Crippen MR) is 115 cm³/mol. The molecule has 0 bridgehead atoms. The molecule has 5 N–H and O–H groups in total. The number of nitrogens with one attached hydrogen (secondary N) is 2. The van der Waals surface area contributed by atoms with E-state index in [0.717, 1.165) is 22.0 Å². The number of carboxylic acid groups (broad SMARTS) is 1. The van der Waals surface area contributed by atoms with E-state index in [0.29, 0.717) is 36.3 Å². The van der Waals surface area contributed by atoms with Crippen molar-refractivity contribution >= 4 is 33.7 Å². The second-order valence-electron chi connectivity index (χ2n) is 6.74. The number of carbonyl (C=O) groups is 1. The lowest BCUT2D eigenvalue weighted by Crippen LogP contribution is -2.06. The van der Waals surface area contributed by atoms with Gasteiger partial charge in [-0.1, -0.05) is 11.2 Å². The summed E-state index contributed by atoms with van der Waals surface area (Å²) in [7, 11) is 0. The molecule has 31 heavy (non-hydrogen) atoms. The van der Waals surface area contributed by atoms with Crippen LogP contribution in [0.1, 0.15) is 30.4 Å². The molecule has 3 heterocycles. The van der Waals surface area contributed by atoms with E-state index in [4.69, 9.17) is 9.94 Å². The Balaban J connectivity index is 0.00000272. The summed E-state index contributed by atoms with van der Waals surface area (Å²) >= 11 is 0. The Morgan fingerprint density at radius 1 is 1.13 bits per heavy atom. The largest absolute Gasteiger partial charge is 0.481 e. The molecule has 0 saturated heterocycles. The molecule has 0 spiro atoms. The van der Waals surface area contributed by atoms with Crippen LogP contribution in [0, 0.1) is 0 Å². The molecule has 0 amide bonds. The number of aromatic amines is 2. The van der Waals surface area contributed by atoms with Crippen molar-refractivity contribution in [3.8, 4) is 0 Å². The van der Waals surface area contributed by atoms with Crippen LogP contribution in [0.3, 0.4) is 0 Å². The van der Waals surface area contributed by atoms with Crippen molar-refractivity contribution in [2.24, 2.45) is 5.16 Å². The van der Waals surface area contributed by atoms with Crippen LogP contribution >= 0.6 is 0 Å². The smallest absolute Gasteiger partial charge is 0.325 e. The number of rotatable bonds is 8. The molecule has 4 aromatic rings. The molecule has 0 saturated carbocycles. The molecule has 4 rings (SSSR count). The number of nitrogens with zero attached hydrogens (tertiary/aromatic N) is 3. The van der Waals surface area contributed by atoms with E-state index in [9.17, 15) is 9.59 Å². The highest BCUT2D eigenvalue weighted by atomic mass is 16.6. The fraction of sp³-hybridized carbons (Fsp3) is 0.190. The first-order valence-electron chi connectivity index (χ1n) is 9.45. The maximum atomic E-state index is 11.5. The number of carboxylic acids is 1. The fourth-order valence-electron chi connectivity index (χ4n) is 3.10. The first-order chi connectivity index (χ1) is 14.6. The maximum absolute atomic E-state index is 11.5. The number of pyridine rings is 2. The molecule has 0 aliphatic rings. The topological polar surface area (TPSA) is 165 Å². The summed E-state index contributed by atoms with van der Waals surface area (Å²) in [5, 5.41) is 13.8. The number of hydrogen-bond acceptors (Lipinski definition) is 6. The van der Waals surface area contributed by atoms with Gasteiger partial charge < -0.3 is 20.4 Å². The number of aromatic nitrogens is 4. The quantitative estimate of drug-likeness (QED) is 0.223. The number of benzene rings is 1. The summed E-state index contributed by atoms with van der Waals surface area (Å²) in [6.45, 7) is 0.317. The first kappa shape index (κ1) is 21.7. The van der Waals surface area contributed by atoms with E-state index in [2.05, 4.69) is 25.1 Å². The van der Waals surface area contributed by atoms with Crippen molar-refractivity contribution in [3.05, 3.63) is 70.4 Å². The lowest BCUT2D eigenvalue weighted by atomic mass is 10.0. The Hall–Kier alpha value is -4.05. The van der Waals surface area contributed by atoms with E-state index in [1.54, 1.807) is 12.4 Å². The Labute approximate surface area is 175 Å². The van der Waals surface area contributed by atoms with E-state index in [1.807, 2.05) is 36.4 Å². The summed E-state index contributed by atoms with van der Waals surface area (Å²) in [5.74, 6) is -0.822. The van der Waals surface area contributed by atoms with Gasteiger partial charge in [-0.3, -0.25) is 14.8 Å². The second kappa shape index (κ2) is 9.63. The Morgan fingerprint density at radius 2 is 2.00 bits per heavy atom. The molecular weight excluding hydrogens is 402 g/mol. The van der Waals surface area contributed by atoms with Gasteiger partial charge in [0.1, 0.15) is 12.3 Å². The number of aliphatic carboxylic acids is 1.